The molecule has 0 fully saturated rings. The van der Waals surface area contributed by atoms with Gasteiger partial charge in [-0.15, -0.1) is 0 Å². The Kier molecular flexibility index (Phi) is 2.79. The number of halogens is 1. The Morgan fingerprint density at radius 1 is 1.53 bits per heavy atom. The second kappa shape index (κ2) is 4.00. The van der Waals surface area contributed by atoms with Crippen LogP contribution in [-0.4, -0.2) is 25.7 Å². The third kappa shape index (κ3) is 2.39. The number of hydrogen-bond donors (Lipinski definition) is 1. The van der Waals surface area contributed by atoms with Crippen LogP contribution in [0.25, 0.3) is 5.65 Å². The average molecular weight is 254 g/mol. The maximum Gasteiger partial charge on any atom is 0.304 e. The highest BCUT2D eigenvalue weighted by Gasteiger charge is 2.28. The number of pyridine rings is 1. The molecule has 6 heteroatoms. The molecule has 0 saturated heterocycles. The first-order valence-electron chi connectivity index (χ1n) is 5.13. The van der Waals surface area contributed by atoms with E-state index in [0.717, 1.165) is 0 Å². The van der Waals surface area contributed by atoms with E-state index in [0.29, 0.717) is 16.5 Å². The van der Waals surface area contributed by atoms with E-state index < -0.39 is 11.4 Å². The van der Waals surface area contributed by atoms with E-state index in [1.165, 1.54) is 0 Å². The molecule has 2 aromatic heterocycles. The van der Waals surface area contributed by atoms with Crippen molar-refractivity contribution >= 4 is 23.2 Å². The SMILES string of the molecule is CC(C)(CC(=O)O)c1nc2ccc(Cl)cn2n1. The summed E-state index contributed by atoms with van der Waals surface area (Å²) in [6.07, 6.45) is 1.63. The van der Waals surface area contributed by atoms with Crippen LogP contribution in [0.1, 0.15) is 26.1 Å². The molecule has 2 rings (SSSR count). The van der Waals surface area contributed by atoms with Crippen LogP contribution in [0.3, 0.4) is 0 Å². The number of carboxylic acids is 1. The predicted octanol–water partition coefficient (Wildman–Crippen LogP) is 2.13. The molecule has 0 bridgehead atoms. The highest BCUT2D eigenvalue weighted by molar-refractivity contribution is 6.30. The number of hydrogen-bond acceptors (Lipinski definition) is 3. The van der Waals surface area contributed by atoms with Crippen LogP contribution in [0.2, 0.25) is 5.02 Å². The summed E-state index contributed by atoms with van der Waals surface area (Å²) in [6.45, 7) is 3.61. The molecule has 0 aliphatic rings. The van der Waals surface area contributed by atoms with Crippen LogP contribution >= 0.6 is 11.6 Å². The number of nitrogens with zero attached hydrogens (tertiary/aromatic N) is 3. The van der Waals surface area contributed by atoms with Crippen molar-refractivity contribution in [2.24, 2.45) is 0 Å². The quantitative estimate of drug-likeness (QED) is 0.910. The van der Waals surface area contributed by atoms with Crippen LogP contribution < -0.4 is 0 Å². The molecule has 2 heterocycles. The van der Waals surface area contributed by atoms with E-state index in [1.807, 2.05) is 0 Å². The van der Waals surface area contributed by atoms with Crippen LogP contribution in [0.15, 0.2) is 18.3 Å². The Labute approximate surface area is 103 Å². The Hall–Kier alpha value is -1.62. The van der Waals surface area contributed by atoms with Gasteiger partial charge in [0.2, 0.25) is 0 Å². The zero-order chi connectivity index (χ0) is 12.6. The van der Waals surface area contributed by atoms with Gasteiger partial charge in [0.05, 0.1) is 11.4 Å². The van der Waals surface area contributed by atoms with Gasteiger partial charge in [0.15, 0.2) is 11.5 Å². The van der Waals surface area contributed by atoms with Crippen molar-refractivity contribution < 1.29 is 9.90 Å². The maximum atomic E-state index is 10.8. The molecule has 0 radical (unpaired) electrons. The number of carbonyl (C=O) groups is 1. The largest absolute Gasteiger partial charge is 0.481 e. The van der Waals surface area contributed by atoms with Crippen molar-refractivity contribution in [2.75, 3.05) is 0 Å². The van der Waals surface area contributed by atoms with Gasteiger partial charge in [0.25, 0.3) is 0 Å². The Morgan fingerprint density at radius 3 is 2.88 bits per heavy atom. The second-order valence-electron chi connectivity index (χ2n) is 4.54. The monoisotopic (exact) mass is 253 g/mol. The predicted molar refractivity (Wildman–Crippen MR) is 63.3 cm³/mol. The van der Waals surface area contributed by atoms with Gasteiger partial charge in [-0.1, -0.05) is 25.4 Å². The summed E-state index contributed by atoms with van der Waals surface area (Å²) in [4.78, 5) is 15.1. The molecule has 17 heavy (non-hydrogen) atoms. The molecule has 90 valence electrons. The molecule has 1 N–H and O–H groups in total. The fourth-order valence-electron chi connectivity index (χ4n) is 1.60. The maximum absolute atomic E-state index is 10.8. The number of aliphatic carboxylic acids is 1. The van der Waals surface area contributed by atoms with Gasteiger partial charge in [0, 0.05) is 11.6 Å². The van der Waals surface area contributed by atoms with Gasteiger partial charge in [-0.05, 0) is 12.1 Å². The highest BCUT2D eigenvalue weighted by atomic mass is 35.5. The van der Waals surface area contributed by atoms with Gasteiger partial charge >= 0.3 is 5.97 Å². The summed E-state index contributed by atoms with van der Waals surface area (Å²) in [7, 11) is 0. The minimum absolute atomic E-state index is 0.0163. The zero-order valence-electron chi connectivity index (χ0n) is 9.51. The van der Waals surface area contributed by atoms with Gasteiger partial charge in [-0.3, -0.25) is 4.79 Å². The Balaban J connectivity index is 2.45. The summed E-state index contributed by atoms with van der Waals surface area (Å²) >= 11 is 5.84. The number of fused-ring (bicyclic) bond motifs is 1. The molecular formula is C11H12ClN3O2. The van der Waals surface area contributed by atoms with E-state index >= 15 is 0 Å². The first-order chi connectivity index (χ1) is 7.88. The topological polar surface area (TPSA) is 67.5 Å². The van der Waals surface area contributed by atoms with Crippen molar-refractivity contribution in [3.63, 3.8) is 0 Å². The highest BCUT2D eigenvalue weighted by Crippen LogP contribution is 2.24. The fraction of sp³-hybridized carbons (Fsp3) is 0.364. The Bertz CT molecular complexity index is 577. The third-order valence-corrected chi connectivity index (χ3v) is 2.72. The molecule has 0 aliphatic carbocycles. The molecule has 0 atom stereocenters. The van der Waals surface area contributed by atoms with Gasteiger partial charge in [-0.25, -0.2) is 9.50 Å². The van der Waals surface area contributed by atoms with Crippen molar-refractivity contribution in [3.05, 3.63) is 29.2 Å². The van der Waals surface area contributed by atoms with E-state index in [1.54, 1.807) is 36.7 Å². The summed E-state index contributed by atoms with van der Waals surface area (Å²) in [5, 5.41) is 13.7. The first kappa shape index (κ1) is 11.9. The van der Waals surface area contributed by atoms with E-state index in [9.17, 15) is 4.79 Å². The molecule has 0 unspecified atom stereocenters. The molecule has 0 aliphatic heterocycles. The van der Waals surface area contributed by atoms with Crippen LogP contribution in [0.4, 0.5) is 0 Å². The summed E-state index contributed by atoms with van der Waals surface area (Å²) in [6, 6.07) is 3.47. The van der Waals surface area contributed by atoms with Crippen LogP contribution in [0, 0.1) is 0 Å². The lowest BCUT2D eigenvalue weighted by Gasteiger charge is -2.17. The number of carboxylic acid groups (broad SMARTS) is 1. The van der Waals surface area contributed by atoms with Gasteiger partial charge in [-0.2, -0.15) is 5.10 Å². The standard InChI is InChI=1S/C11H12ClN3O2/c1-11(2,5-9(16)17)10-13-8-4-3-7(12)6-15(8)14-10/h3-4,6H,5H2,1-2H3,(H,16,17). The lowest BCUT2D eigenvalue weighted by atomic mass is 9.89. The normalized spacial score (nSPS) is 11.9. The van der Waals surface area contributed by atoms with Gasteiger partial charge in [0.1, 0.15) is 0 Å². The van der Waals surface area contributed by atoms with Crippen LogP contribution in [0.5, 0.6) is 0 Å². The smallest absolute Gasteiger partial charge is 0.304 e. The summed E-state index contributed by atoms with van der Waals surface area (Å²) in [5.74, 6) is -0.367. The van der Waals surface area contributed by atoms with E-state index in [-0.39, 0.29) is 6.42 Å². The number of rotatable bonds is 3. The molecule has 2 aromatic rings. The first-order valence-corrected chi connectivity index (χ1v) is 5.50. The third-order valence-electron chi connectivity index (χ3n) is 2.49. The second-order valence-corrected chi connectivity index (χ2v) is 4.98. The molecule has 0 spiro atoms. The van der Waals surface area contributed by atoms with Gasteiger partial charge < -0.3 is 5.11 Å². The van der Waals surface area contributed by atoms with E-state index in [2.05, 4.69) is 10.1 Å². The van der Waals surface area contributed by atoms with Crippen LogP contribution in [-0.2, 0) is 10.2 Å². The summed E-state index contributed by atoms with van der Waals surface area (Å²) in [5.41, 5.74) is 0.0486. The molecular weight excluding hydrogens is 242 g/mol. The molecule has 0 aromatic carbocycles. The van der Waals surface area contributed by atoms with E-state index in [4.69, 9.17) is 16.7 Å². The minimum Gasteiger partial charge on any atom is -0.481 e. The van der Waals surface area contributed by atoms with Crippen molar-refractivity contribution in [2.45, 2.75) is 25.7 Å². The van der Waals surface area contributed by atoms with Crippen molar-refractivity contribution in [1.29, 1.82) is 0 Å². The molecule has 0 saturated carbocycles. The molecule has 5 nitrogen and oxygen atoms in total. The van der Waals surface area contributed by atoms with Crippen molar-refractivity contribution in [3.8, 4) is 0 Å². The number of aromatic nitrogens is 3. The minimum atomic E-state index is -0.869. The summed E-state index contributed by atoms with van der Waals surface area (Å²) < 4.78 is 1.56. The lowest BCUT2D eigenvalue weighted by Crippen LogP contribution is -2.23. The Morgan fingerprint density at radius 2 is 2.24 bits per heavy atom. The van der Waals surface area contributed by atoms with Crippen molar-refractivity contribution in [1.82, 2.24) is 14.6 Å². The molecule has 0 amide bonds. The fourth-order valence-corrected chi connectivity index (χ4v) is 1.76. The average Bonchev–Trinajstić information content (AvgIpc) is 2.58. The lowest BCUT2D eigenvalue weighted by molar-refractivity contribution is -0.138. The zero-order valence-corrected chi connectivity index (χ0v) is 10.3.